The molecule has 0 fully saturated rings. The van der Waals surface area contributed by atoms with E-state index in [4.69, 9.17) is 9.47 Å². The Morgan fingerprint density at radius 2 is 1.55 bits per heavy atom. The van der Waals surface area contributed by atoms with Gasteiger partial charge in [0.05, 0.1) is 24.9 Å². The fraction of sp³-hybridized carbons (Fsp3) is 0.238. The molecule has 0 unspecified atom stereocenters. The van der Waals surface area contributed by atoms with Crippen LogP contribution in [-0.4, -0.2) is 18.3 Å². The summed E-state index contributed by atoms with van der Waals surface area (Å²) in [4.78, 5) is 23.9. The topological polar surface area (TPSA) is 64.6 Å². The molecule has 0 aliphatic heterocycles. The molecule has 0 aliphatic carbocycles. The average Bonchev–Trinajstić information content (AvgIpc) is 2.67. The summed E-state index contributed by atoms with van der Waals surface area (Å²) in [5.41, 5.74) is 0.0418. The van der Waals surface area contributed by atoms with E-state index < -0.39 is 17.6 Å². The molecule has 0 bridgehead atoms. The Hall–Kier alpha value is -3.29. The summed E-state index contributed by atoms with van der Waals surface area (Å²) in [5, 5.41) is 2.59. The summed E-state index contributed by atoms with van der Waals surface area (Å²) in [7, 11) is 0. The van der Waals surface area contributed by atoms with Crippen molar-refractivity contribution in [2.45, 2.75) is 26.4 Å². The highest BCUT2D eigenvalue weighted by Crippen LogP contribution is 2.31. The van der Waals surface area contributed by atoms with Crippen molar-refractivity contribution in [3.05, 3.63) is 65.9 Å². The van der Waals surface area contributed by atoms with Gasteiger partial charge in [0.1, 0.15) is 11.5 Å². The van der Waals surface area contributed by atoms with Crippen LogP contribution in [0.4, 0.5) is 18.9 Å². The fourth-order valence-corrected chi connectivity index (χ4v) is 2.22. The van der Waals surface area contributed by atoms with Gasteiger partial charge in [0.25, 0.3) is 0 Å². The van der Waals surface area contributed by atoms with Crippen molar-refractivity contribution in [2.75, 3.05) is 11.9 Å². The Kier molecular flexibility index (Phi) is 7.41. The zero-order chi connectivity index (χ0) is 21.4. The van der Waals surface area contributed by atoms with Crippen LogP contribution in [0, 0.1) is 0 Å². The van der Waals surface area contributed by atoms with Crippen molar-refractivity contribution in [1.29, 1.82) is 0 Å². The van der Waals surface area contributed by atoms with Gasteiger partial charge in [-0.3, -0.25) is 9.59 Å². The molecule has 0 heterocycles. The molecular formula is C21H20F3NO4. The third-order valence-electron chi connectivity index (χ3n) is 3.74. The van der Waals surface area contributed by atoms with Gasteiger partial charge in [-0.05, 0) is 62.4 Å². The summed E-state index contributed by atoms with van der Waals surface area (Å²) in [6, 6.07) is 10.5. The number of carbonyl (C=O) groups is 2. The van der Waals surface area contributed by atoms with Gasteiger partial charge in [0.2, 0.25) is 5.91 Å². The summed E-state index contributed by atoms with van der Waals surface area (Å²) in [6.07, 6.45) is -3.40. The average molecular weight is 407 g/mol. The predicted octanol–water partition coefficient (Wildman–Crippen LogP) is 5.34. The second-order valence-electron chi connectivity index (χ2n) is 6.05. The number of carbonyl (C=O) groups excluding carboxylic acids is 2. The number of amides is 1. The fourth-order valence-electron chi connectivity index (χ4n) is 2.22. The van der Waals surface area contributed by atoms with E-state index in [1.54, 1.807) is 38.1 Å². The monoisotopic (exact) mass is 407 g/mol. The number of rotatable bonds is 8. The second kappa shape index (κ2) is 9.77. The normalized spacial score (nSPS) is 11.7. The van der Waals surface area contributed by atoms with Crippen molar-refractivity contribution < 1.29 is 32.2 Å². The lowest BCUT2D eigenvalue weighted by Crippen LogP contribution is -2.17. The Morgan fingerprint density at radius 3 is 2.07 bits per heavy atom. The minimum Gasteiger partial charge on any atom is -0.501 e. The van der Waals surface area contributed by atoms with Crippen molar-refractivity contribution >= 4 is 17.4 Å². The highest BCUT2D eigenvalue weighted by molar-refractivity contribution is 6.10. The number of hydrogen-bond acceptors (Lipinski definition) is 4. The van der Waals surface area contributed by atoms with Crippen LogP contribution in [0.5, 0.6) is 11.5 Å². The molecule has 8 heteroatoms. The maximum atomic E-state index is 12.6. The van der Waals surface area contributed by atoms with Crippen LogP contribution >= 0.6 is 0 Å². The maximum absolute atomic E-state index is 12.6. The molecule has 0 saturated heterocycles. The Morgan fingerprint density at radius 1 is 1.00 bits per heavy atom. The Bertz CT molecular complexity index is 872. The second-order valence-corrected chi connectivity index (χ2v) is 6.05. The van der Waals surface area contributed by atoms with Crippen molar-refractivity contribution in [3.8, 4) is 11.5 Å². The van der Waals surface area contributed by atoms with Crippen LogP contribution in [0.2, 0.25) is 0 Å². The number of Topliss-reactive ketones (excluding diaryl/α,β-unsaturated/α-hetero) is 1. The molecule has 2 aromatic rings. The van der Waals surface area contributed by atoms with E-state index in [2.05, 4.69) is 5.32 Å². The standard InChI is InChI=1S/C21H20F3NO4/c1-3-28-13-14(2)19(26)12-20(27)25-16-6-10-18(11-7-16)29-17-8-4-15(5-9-17)21(22,23)24/h4-11,13H,3,12H2,1-2H3,(H,25,27)/b14-13+. The molecule has 1 N–H and O–H groups in total. The lowest BCUT2D eigenvalue weighted by atomic mass is 10.1. The van der Waals surface area contributed by atoms with Gasteiger partial charge in [0.15, 0.2) is 5.78 Å². The number of halogens is 3. The zero-order valence-corrected chi connectivity index (χ0v) is 15.9. The molecule has 29 heavy (non-hydrogen) atoms. The summed E-state index contributed by atoms with van der Waals surface area (Å²) >= 11 is 0. The quantitative estimate of drug-likeness (QED) is 0.365. The smallest absolute Gasteiger partial charge is 0.416 e. The number of ketones is 1. The van der Waals surface area contributed by atoms with Crippen molar-refractivity contribution in [3.63, 3.8) is 0 Å². The number of ether oxygens (including phenoxy) is 2. The van der Waals surface area contributed by atoms with E-state index in [0.29, 0.717) is 23.6 Å². The molecule has 2 aromatic carbocycles. The molecule has 5 nitrogen and oxygen atoms in total. The van der Waals surface area contributed by atoms with Gasteiger partial charge >= 0.3 is 6.18 Å². The van der Waals surface area contributed by atoms with Gasteiger partial charge in [-0.1, -0.05) is 0 Å². The van der Waals surface area contributed by atoms with E-state index in [9.17, 15) is 22.8 Å². The summed E-state index contributed by atoms with van der Waals surface area (Å²) < 4.78 is 48.2. The SMILES string of the molecule is CCO/C=C(\C)C(=O)CC(=O)Nc1ccc(Oc2ccc(C(F)(F)F)cc2)cc1. The molecule has 0 saturated carbocycles. The first kappa shape index (κ1) is 22.0. The van der Waals surface area contributed by atoms with E-state index in [-0.39, 0.29) is 18.0 Å². The van der Waals surface area contributed by atoms with Crippen LogP contribution in [-0.2, 0) is 20.5 Å². The number of nitrogens with one attached hydrogen (secondary N) is 1. The van der Waals surface area contributed by atoms with Crippen LogP contribution < -0.4 is 10.1 Å². The molecule has 1 amide bonds. The number of allylic oxidation sites excluding steroid dienone is 1. The van der Waals surface area contributed by atoms with Crippen molar-refractivity contribution in [2.24, 2.45) is 0 Å². The molecule has 0 aromatic heterocycles. The van der Waals surface area contributed by atoms with E-state index in [0.717, 1.165) is 12.1 Å². The first-order valence-corrected chi connectivity index (χ1v) is 8.75. The Balaban J connectivity index is 1.91. The first-order chi connectivity index (χ1) is 13.7. The number of anilines is 1. The summed E-state index contributed by atoms with van der Waals surface area (Å²) in [5.74, 6) is -0.194. The van der Waals surface area contributed by atoms with Crippen LogP contribution in [0.3, 0.4) is 0 Å². The van der Waals surface area contributed by atoms with Crippen LogP contribution in [0.15, 0.2) is 60.4 Å². The van der Waals surface area contributed by atoms with Gasteiger partial charge in [-0.15, -0.1) is 0 Å². The largest absolute Gasteiger partial charge is 0.501 e. The van der Waals surface area contributed by atoms with E-state index >= 15 is 0 Å². The minimum absolute atomic E-state index is 0.247. The molecular weight excluding hydrogens is 387 g/mol. The molecule has 0 spiro atoms. The molecule has 0 radical (unpaired) electrons. The maximum Gasteiger partial charge on any atom is 0.416 e. The molecule has 0 aliphatic rings. The van der Waals surface area contributed by atoms with Crippen molar-refractivity contribution in [1.82, 2.24) is 0 Å². The van der Waals surface area contributed by atoms with Crippen LogP contribution in [0.25, 0.3) is 0 Å². The minimum atomic E-state index is -4.41. The lowest BCUT2D eigenvalue weighted by Gasteiger charge is -2.10. The number of hydrogen-bond donors (Lipinski definition) is 1. The molecule has 0 atom stereocenters. The predicted molar refractivity (Wildman–Crippen MR) is 102 cm³/mol. The van der Waals surface area contributed by atoms with E-state index in [1.807, 2.05) is 0 Å². The molecule has 2 rings (SSSR count). The van der Waals surface area contributed by atoms with Gasteiger partial charge in [0, 0.05) is 11.3 Å². The van der Waals surface area contributed by atoms with Crippen LogP contribution in [0.1, 0.15) is 25.8 Å². The zero-order valence-electron chi connectivity index (χ0n) is 15.9. The Labute approximate surface area is 166 Å². The van der Waals surface area contributed by atoms with Gasteiger partial charge < -0.3 is 14.8 Å². The lowest BCUT2D eigenvalue weighted by molar-refractivity contribution is -0.137. The first-order valence-electron chi connectivity index (χ1n) is 8.75. The third kappa shape index (κ3) is 6.99. The highest BCUT2D eigenvalue weighted by Gasteiger charge is 2.30. The highest BCUT2D eigenvalue weighted by atomic mass is 19.4. The number of alkyl halides is 3. The molecule has 154 valence electrons. The van der Waals surface area contributed by atoms with E-state index in [1.165, 1.54) is 18.4 Å². The summed E-state index contributed by atoms with van der Waals surface area (Å²) in [6.45, 7) is 3.78. The van der Waals surface area contributed by atoms with Gasteiger partial charge in [-0.2, -0.15) is 13.2 Å². The third-order valence-corrected chi connectivity index (χ3v) is 3.74. The number of benzene rings is 2. The van der Waals surface area contributed by atoms with Gasteiger partial charge in [-0.25, -0.2) is 0 Å².